The molecule has 0 spiro atoms. The molecule has 0 saturated heterocycles. The predicted octanol–water partition coefficient (Wildman–Crippen LogP) is 5.19. The van der Waals surface area contributed by atoms with Crippen LogP contribution in [0, 0.1) is 11.3 Å². The van der Waals surface area contributed by atoms with Crippen LogP contribution < -0.4 is 19.5 Å². The number of nitrogens with one attached hydrogen (secondary N) is 1. The number of amidine groups is 1. The number of carbonyl (C=O) groups excluding carboxylic acids is 2. The Morgan fingerprint density at radius 1 is 1.18 bits per heavy atom. The van der Waals surface area contributed by atoms with Crippen LogP contribution in [-0.2, 0) is 12.0 Å². The summed E-state index contributed by atoms with van der Waals surface area (Å²) in [6.45, 7) is 9.24. The molecule has 1 aliphatic rings. The highest BCUT2D eigenvalue weighted by Crippen LogP contribution is 2.40. The maximum absolute atomic E-state index is 13.7. The van der Waals surface area contributed by atoms with Gasteiger partial charge in [0.15, 0.2) is 17.3 Å². The fraction of sp³-hybridized carbons (Fsp3) is 0.448. The molecule has 1 aliphatic heterocycles. The van der Waals surface area contributed by atoms with Crippen LogP contribution in [0.1, 0.15) is 77.9 Å². The van der Waals surface area contributed by atoms with Crippen LogP contribution in [0.4, 0.5) is 0 Å². The number of benzene rings is 2. The molecular weight excluding hydrogens is 564 g/mol. The number of unbranched alkanes of at least 4 members (excludes halogenated alkanes) is 1. The SMILES string of the molecule is CCOc1cc2c(cc1C(=O)NC)/C(=N/Br)N(CC(=O)c1cc(OCCCC#N)c(OC)c(C(C)(C)C)c1)C2. The normalized spacial score (nSPS) is 13.6. The first-order valence-corrected chi connectivity index (χ1v) is 13.5. The summed E-state index contributed by atoms with van der Waals surface area (Å²) in [7, 11) is 3.15. The number of nitrogens with zero attached hydrogens (tertiary/aromatic N) is 3. The summed E-state index contributed by atoms with van der Waals surface area (Å²) in [6.07, 6.45) is 0.950. The van der Waals surface area contributed by atoms with Crippen LogP contribution in [-0.4, -0.2) is 56.3 Å². The number of amides is 1. The van der Waals surface area contributed by atoms with E-state index in [1.807, 2.05) is 44.7 Å². The number of hydrogen-bond donors (Lipinski definition) is 1. The Kier molecular flexibility index (Phi) is 9.97. The molecule has 1 heterocycles. The lowest BCUT2D eigenvalue weighted by Crippen LogP contribution is -2.31. The third-order valence-corrected chi connectivity index (χ3v) is 6.71. The topological polar surface area (TPSA) is 113 Å². The third-order valence-electron chi connectivity index (χ3n) is 6.37. The number of hydrogen-bond acceptors (Lipinski definition) is 7. The lowest BCUT2D eigenvalue weighted by Gasteiger charge is -2.25. The summed E-state index contributed by atoms with van der Waals surface area (Å²) in [4.78, 5) is 28.0. The summed E-state index contributed by atoms with van der Waals surface area (Å²) in [6, 6.07) is 9.26. The minimum absolute atomic E-state index is 0.0577. The second kappa shape index (κ2) is 13.0. The third kappa shape index (κ3) is 6.71. The minimum Gasteiger partial charge on any atom is -0.493 e. The van der Waals surface area contributed by atoms with Gasteiger partial charge < -0.3 is 24.4 Å². The fourth-order valence-corrected chi connectivity index (χ4v) is 4.88. The first kappa shape index (κ1) is 30.0. The largest absolute Gasteiger partial charge is 0.493 e. The zero-order valence-corrected chi connectivity index (χ0v) is 24.9. The molecule has 1 N–H and O–H groups in total. The number of halogens is 1. The van der Waals surface area contributed by atoms with Gasteiger partial charge >= 0.3 is 0 Å². The van der Waals surface area contributed by atoms with Crippen molar-refractivity contribution in [3.63, 3.8) is 0 Å². The summed E-state index contributed by atoms with van der Waals surface area (Å²) < 4.78 is 21.7. The van der Waals surface area contributed by atoms with Gasteiger partial charge in [-0.05, 0) is 48.6 Å². The van der Waals surface area contributed by atoms with Crippen molar-refractivity contribution in [2.24, 2.45) is 4.02 Å². The zero-order chi connectivity index (χ0) is 28.7. The van der Waals surface area contributed by atoms with Crippen molar-refractivity contribution in [3.8, 4) is 23.3 Å². The van der Waals surface area contributed by atoms with Crippen molar-refractivity contribution < 1.29 is 23.8 Å². The molecule has 0 aromatic heterocycles. The molecule has 10 heteroatoms. The zero-order valence-electron chi connectivity index (χ0n) is 23.3. The van der Waals surface area contributed by atoms with Crippen LogP contribution in [0.25, 0.3) is 0 Å². The van der Waals surface area contributed by atoms with Crippen LogP contribution in [0.15, 0.2) is 28.3 Å². The molecule has 0 radical (unpaired) electrons. The van der Waals surface area contributed by atoms with E-state index in [9.17, 15) is 9.59 Å². The van der Waals surface area contributed by atoms with Gasteiger partial charge in [0.25, 0.3) is 5.91 Å². The summed E-state index contributed by atoms with van der Waals surface area (Å²) in [5.74, 6) is 1.72. The molecule has 1 amide bonds. The second-order valence-corrected chi connectivity index (χ2v) is 10.5. The number of nitriles is 1. The van der Waals surface area contributed by atoms with Gasteiger partial charge in [0, 0.05) is 36.7 Å². The molecule has 0 aliphatic carbocycles. The summed E-state index contributed by atoms with van der Waals surface area (Å²) >= 11 is 3.21. The van der Waals surface area contributed by atoms with Crippen LogP contribution in [0.3, 0.4) is 0 Å². The number of Topliss-reactive ketones (excluding diaryl/α,β-unsaturated/α-hetero) is 1. The van der Waals surface area contributed by atoms with E-state index in [0.717, 1.165) is 16.7 Å². The quantitative estimate of drug-likeness (QED) is 0.280. The predicted molar refractivity (Wildman–Crippen MR) is 153 cm³/mol. The molecule has 0 fully saturated rings. The van der Waals surface area contributed by atoms with Gasteiger partial charge in [0.1, 0.15) is 11.6 Å². The van der Waals surface area contributed by atoms with Gasteiger partial charge in [-0.25, -0.2) is 0 Å². The smallest absolute Gasteiger partial charge is 0.254 e. The number of rotatable bonds is 11. The maximum Gasteiger partial charge on any atom is 0.254 e. The molecule has 2 aromatic rings. The van der Waals surface area contributed by atoms with Crippen molar-refractivity contribution in [2.45, 2.75) is 52.5 Å². The number of methoxy groups -OCH3 is 1. The first-order chi connectivity index (χ1) is 18.6. The van der Waals surface area contributed by atoms with Gasteiger partial charge in [-0.1, -0.05) is 20.8 Å². The van der Waals surface area contributed by atoms with Gasteiger partial charge in [0.05, 0.1) is 54.6 Å². The summed E-state index contributed by atoms with van der Waals surface area (Å²) in [5.41, 5.74) is 3.09. The van der Waals surface area contributed by atoms with Gasteiger partial charge in [-0.15, -0.1) is 0 Å². The fourth-order valence-electron chi connectivity index (χ4n) is 4.46. The molecular formula is C29H35BrN4O5. The van der Waals surface area contributed by atoms with E-state index >= 15 is 0 Å². The van der Waals surface area contributed by atoms with E-state index in [1.54, 1.807) is 26.3 Å². The van der Waals surface area contributed by atoms with Crippen LogP contribution >= 0.6 is 16.1 Å². The number of carbonyl (C=O) groups is 2. The Labute approximate surface area is 238 Å². The van der Waals surface area contributed by atoms with Gasteiger partial charge in [0.2, 0.25) is 0 Å². The average molecular weight is 600 g/mol. The van der Waals surface area contributed by atoms with Crippen molar-refractivity contribution in [1.82, 2.24) is 10.2 Å². The minimum atomic E-state index is -0.315. The highest BCUT2D eigenvalue weighted by molar-refractivity contribution is 9.08. The molecule has 208 valence electrons. The summed E-state index contributed by atoms with van der Waals surface area (Å²) in [5, 5.41) is 11.5. The van der Waals surface area contributed by atoms with Crippen molar-refractivity contribution in [2.75, 3.05) is 33.9 Å². The van der Waals surface area contributed by atoms with Crippen molar-refractivity contribution in [1.29, 1.82) is 5.26 Å². The number of ketones is 1. The molecule has 0 saturated carbocycles. The first-order valence-electron chi connectivity index (χ1n) is 12.8. The van der Waals surface area contributed by atoms with E-state index < -0.39 is 0 Å². The van der Waals surface area contributed by atoms with E-state index in [-0.39, 0.29) is 23.7 Å². The molecule has 9 nitrogen and oxygen atoms in total. The van der Waals surface area contributed by atoms with E-state index in [2.05, 4.69) is 31.6 Å². The Bertz CT molecular complexity index is 1310. The lowest BCUT2D eigenvalue weighted by atomic mass is 9.84. The maximum atomic E-state index is 13.7. The van der Waals surface area contributed by atoms with Crippen LogP contribution in [0.2, 0.25) is 0 Å². The van der Waals surface area contributed by atoms with Gasteiger partial charge in [-0.3, -0.25) is 9.59 Å². The van der Waals surface area contributed by atoms with E-state index in [4.69, 9.17) is 19.5 Å². The second-order valence-electron chi connectivity index (χ2n) is 10.1. The van der Waals surface area contributed by atoms with Crippen LogP contribution in [0.5, 0.6) is 17.2 Å². The van der Waals surface area contributed by atoms with Crippen molar-refractivity contribution in [3.05, 3.63) is 52.1 Å². The van der Waals surface area contributed by atoms with Crippen molar-refractivity contribution >= 4 is 33.7 Å². The Morgan fingerprint density at radius 2 is 1.92 bits per heavy atom. The monoisotopic (exact) mass is 598 g/mol. The number of ether oxygens (including phenoxy) is 3. The highest BCUT2D eigenvalue weighted by atomic mass is 79.9. The number of fused-ring (bicyclic) bond motifs is 1. The Balaban J connectivity index is 1.95. The molecule has 0 unspecified atom stereocenters. The Morgan fingerprint density at radius 3 is 2.51 bits per heavy atom. The van der Waals surface area contributed by atoms with Gasteiger partial charge in [-0.2, -0.15) is 9.28 Å². The van der Waals surface area contributed by atoms with E-state index in [1.165, 1.54) is 0 Å². The average Bonchev–Trinajstić information content (AvgIpc) is 3.24. The highest BCUT2D eigenvalue weighted by Gasteiger charge is 2.31. The van der Waals surface area contributed by atoms with E-state index in [0.29, 0.717) is 66.8 Å². The molecule has 2 aromatic carbocycles. The molecule has 39 heavy (non-hydrogen) atoms. The molecule has 0 atom stereocenters. The molecule has 0 bridgehead atoms. The Hall–Kier alpha value is -3.58. The lowest BCUT2D eigenvalue weighted by molar-refractivity contribution is 0.0953. The standard InChI is InChI=1S/C29H35BrN4O5/c1-7-38-24-14-19-16-34(27(33-30)20(19)15-21(24)28(36)32-5)17-23(35)18-12-22(29(2,3)4)26(37-6)25(13-18)39-11-9-8-10-31/h12-15H,7-9,11,16-17H2,1-6H3,(H,32,36)/b33-27-. The molecule has 3 rings (SSSR count).